The highest BCUT2D eigenvalue weighted by Crippen LogP contribution is 2.55. The van der Waals surface area contributed by atoms with Crippen LogP contribution in [-0.4, -0.2) is 74.8 Å². The summed E-state index contributed by atoms with van der Waals surface area (Å²) in [4.78, 5) is 40.8. The summed E-state index contributed by atoms with van der Waals surface area (Å²) in [6.45, 7) is 2.18. The lowest BCUT2D eigenvalue weighted by Gasteiger charge is -2.18. The van der Waals surface area contributed by atoms with E-state index in [1.807, 2.05) is 24.3 Å². The first-order valence-electron chi connectivity index (χ1n) is 13.0. The number of aliphatic hydroxyl groups excluding tert-OH is 2. The molecule has 1 saturated heterocycles. The van der Waals surface area contributed by atoms with Crippen molar-refractivity contribution in [1.29, 1.82) is 0 Å². The highest BCUT2D eigenvalue weighted by molar-refractivity contribution is 7.72. The first-order chi connectivity index (χ1) is 18.9. The summed E-state index contributed by atoms with van der Waals surface area (Å²) in [5.74, 6) is -0.846. The number of benzene rings is 1. The van der Waals surface area contributed by atoms with E-state index in [-0.39, 0.29) is 17.4 Å². The second kappa shape index (κ2) is 12.9. The lowest BCUT2D eigenvalue weighted by molar-refractivity contribution is -0.0354. The Morgan fingerprint density at radius 1 is 1.05 bits per heavy atom. The molecule has 13 nitrogen and oxygen atoms in total. The molecule has 0 bridgehead atoms. The topological polar surface area (TPSA) is 200 Å². The summed E-state index contributed by atoms with van der Waals surface area (Å²) in [5, 5.41) is 24.3. The zero-order valence-electron chi connectivity index (χ0n) is 21.9. The van der Waals surface area contributed by atoms with Crippen LogP contribution in [0.1, 0.15) is 50.8 Å². The van der Waals surface area contributed by atoms with Gasteiger partial charge in [-0.05, 0) is 48.6 Å². The van der Waals surface area contributed by atoms with Crippen LogP contribution >= 0.6 is 26.6 Å². The molecule has 1 aromatic carbocycles. The fourth-order valence-corrected chi connectivity index (χ4v) is 8.39. The molecule has 0 saturated carbocycles. The largest absolute Gasteiger partial charge is 0.388 e. The number of nitrogens with one attached hydrogen (secondary N) is 1. The molecule has 1 aliphatic heterocycles. The molecule has 3 heterocycles. The zero-order valence-corrected chi connectivity index (χ0v) is 24.4. The Morgan fingerprint density at radius 3 is 2.45 bits per heavy atom. The molecule has 5 atom stereocenters. The monoisotopic (exact) mass is 617 g/mol. The molecule has 16 heteroatoms. The van der Waals surface area contributed by atoms with Crippen LogP contribution in [0.25, 0.3) is 11.2 Å². The van der Waals surface area contributed by atoms with Crippen LogP contribution in [-0.2, 0) is 20.3 Å². The SMILES string of the molecule is CCCCCCc1ccc(Nc2nc(Cl)nc3c2ncn3C2OC(CCP(=O)(O)CP(=O)(O)O)C(O)C2O)cc1. The molecule has 0 spiro atoms. The van der Waals surface area contributed by atoms with Crippen LogP contribution in [0.3, 0.4) is 0 Å². The van der Waals surface area contributed by atoms with E-state index >= 15 is 0 Å². The smallest absolute Gasteiger partial charge is 0.335 e. The van der Waals surface area contributed by atoms with E-state index < -0.39 is 51.6 Å². The number of ether oxygens (including phenoxy) is 1. The predicted octanol–water partition coefficient (Wildman–Crippen LogP) is 3.76. The third-order valence-electron chi connectivity index (χ3n) is 6.71. The Labute approximate surface area is 236 Å². The molecule has 6 N–H and O–H groups in total. The highest BCUT2D eigenvalue weighted by Gasteiger charge is 2.45. The number of imidazole rings is 1. The van der Waals surface area contributed by atoms with E-state index in [9.17, 15) is 24.2 Å². The number of aliphatic hydroxyl groups is 2. The zero-order chi connectivity index (χ0) is 29.1. The number of aryl methyl sites for hydroxylation is 1. The fourth-order valence-electron chi connectivity index (χ4n) is 4.70. The number of rotatable bonds is 13. The van der Waals surface area contributed by atoms with Crippen molar-refractivity contribution in [2.75, 3.05) is 17.4 Å². The molecule has 0 amide bonds. The third kappa shape index (κ3) is 7.88. The standard InChI is InChI=1S/C24H34ClN5O8P2/c1-2-3-4-5-6-15-7-9-16(10-8-15)27-21-18-22(29-24(25)28-21)30(13-26-18)23-20(32)19(31)17(38-23)11-12-39(33,34)14-40(35,36)37/h7-10,13,17,19-20,23,31-32H,2-6,11-12,14H2,1H3,(H,33,34)(H,27,28,29)(H2,35,36,37). The molecule has 3 aromatic rings. The predicted molar refractivity (Wildman–Crippen MR) is 150 cm³/mol. The summed E-state index contributed by atoms with van der Waals surface area (Å²) >= 11 is 6.20. The second-order valence-electron chi connectivity index (χ2n) is 10.0. The van der Waals surface area contributed by atoms with E-state index in [1.54, 1.807) is 0 Å². The number of halogens is 1. The molecule has 40 heavy (non-hydrogen) atoms. The van der Waals surface area contributed by atoms with Gasteiger partial charge in [0.15, 0.2) is 23.2 Å². The summed E-state index contributed by atoms with van der Waals surface area (Å²) in [6, 6.07) is 7.96. The van der Waals surface area contributed by atoms with Crippen molar-refractivity contribution in [2.24, 2.45) is 0 Å². The van der Waals surface area contributed by atoms with Gasteiger partial charge < -0.3 is 34.9 Å². The summed E-state index contributed by atoms with van der Waals surface area (Å²) in [7, 11) is -8.90. The summed E-state index contributed by atoms with van der Waals surface area (Å²) < 4.78 is 30.5. The molecule has 5 unspecified atom stereocenters. The molecule has 1 aliphatic rings. The van der Waals surface area contributed by atoms with E-state index in [0.717, 1.165) is 18.5 Å². The number of nitrogens with zero attached hydrogens (tertiary/aromatic N) is 4. The van der Waals surface area contributed by atoms with Gasteiger partial charge in [0, 0.05) is 11.8 Å². The van der Waals surface area contributed by atoms with Crippen LogP contribution in [0.15, 0.2) is 30.6 Å². The fraction of sp³-hybridized carbons (Fsp3) is 0.542. The van der Waals surface area contributed by atoms with Gasteiger partial charge in [0.05, 0.1) is 12.4 Å². The van der Waals surface area contributed by atoms with Crippen molar-refractivity contribution >= 4 is 49.2 Å². The lowest BCUT2D eigenvalue weighted by atomic mass is 10.1. The second-order valence-corrected chi connectivity index (χ2v) is 14.9. The van der Waals surface area contributed by atoms with Gasteiger partial charge in [-0.15, -0.1) is 0 Å². The van der Waals surface area contributed by atoms with Gasteiger partial charge >= 0.3 is 7.60 Å². The minimum Gasteiger partial charge on any atom is -0.388 e. The maximum Gasteiger partial charge on any atom is 0.335 e. The van der Waals surface area contributed by atoms with Gasteiger partial charge in [0.1, 0.15) is 18.1 Å². The summed E-state index contributed by atoms with van der Waals surface area (Å²) in [6.07, 6.45) is 1.27. The number of aromatic nitrogens is 4. The Kier molecular flexibility index (Phi) is 10.0. The number of anilines is 2. The first kappa shape index (κ1) is 31.0. The van der Waals surface area contributed by atoms with E-state index in [1.165, 1.54) is 35.7 Å². The molecular weight excluding hydrogens is 584 g/mol. The molecule has 1 fully saturated rings. The van der Waals surface area contributed by atoms with Gasteiger partial charge in [-0.25, -0.2) is 4.98 Å². The lowest BCUT2D eigenvalue weighted by Crippen LogP contribution is -2.32. The average Bonchev–Trinajstić information content (AvgIpc) is 3.41. The van der Waals surface area contributed by atoms with Gasteiger partial charge in [0.2, 0.25) is 12.7 Å². The van der Waals surface area contributed by atoms with Crippen LogP contribution in [0.4, 0.5) is 11.5 Å². The molecule has 2 aromatic heterocycles. The van der Waals surface area contributed by atoms with E-state index in [0.29, 0.717) is 11.3 Å². The Balaban J connectivity index is 1.48. The van der Waals surface area contributed by atoms with Gasteiger partial charge in [-0.3, -0.25) is 13.7 Å². The van der Waals surface area contributed by atoms with E-state index in [4.69, 9.17) is 26.1 Å². The average molecular weight is 618 g/mol. The molecular formula is C24H34ClN5O8P2. The number of hydrogen-bond acceptors (Lipinski definition) is 9. The van der Waals surface area contributed by atoms with Crippen molar-refractivity contribution in [3.05, 3.63) is 41.4 Å². The minimum absolute atomic E-state index is 0.0902. The van der Waals surface area contributed by atoms with Crippen LogP contribution < -0.4 is 5.32 Å². The highest BCUT2D eigenvalue weighted by atomic mass is 35.5. The van der Waals surface area contributed by atoms with Crippen molar-refractivity contribution in [3.63, 3.8) is 0 Å². The maximum atomic E-state index is 12.2. The maximum absolute atomic E-state index is 12.2. The molecule has 4 rings (SSSR count). The first-order valence-corrected chi connectivity index (χ1v) is 17.2. The van der Waals surface area contributed by atoms with Crippen LogP contribution in [0.2, 0.25) is 5.28 Å². The van der Waals surface area contributed by atoms with E-state index in [2.05, 4.69) is 27.2 Å². The third-order valence-corrected chi connectivity index (χ3v) is 11.1. The summed E-state index contributed by atoms with van der Waals surface area (Å²) in [5.41, 5.74) is 2.56. The quantitative estimate of drug-likeness (QED) is 0.0923. The van der Waals surface area contributed by atoms with Gasteiger partial charge in [-0.2, -0.15) is 9.97 Å². The van der Waals surface area contributed by atoms with Gasteiger partial charge in [-0.1, -0.05) is 38.3 Å². The Morgan fingerprint density at radius 2 is 1.77 bits per heavy atom. The molecule has 0 radical (unpaired) electrons. The van der Waals surface area contributed by atoms with Crippen molar-refractivity contribution in [1.82, 2.24) is 19.5 Å². The van der Waals surface area contributed by atoms with Crippen molar-refractivity contribution < 1.29 is 38.8 Å². The Hall–Kier alpha value is -1.92. The normalized spacial score (nSPS) is 23.0. The van der Waals surface area contributed by atoms with Gasteiger partial charge in [0.25, 0.3) is 0 Å². The Bertz CT molecular complexity index is 1400. The van der Waals surface area contributed by atoms with Crippen molar-refractivity contribution in [2.45, 2.75) is 70.0 Å². The van der Waals surface area contributed by atoms with Crippen molar-refractivity contribution in [3.8, 4) is 0 Å². The number of unbranched alkanes of at least 4 members (excludes halogenated alkanes) is 3. The number of fused-ring (bicyclic) bond motifs is 1. The van der Waals surface area contributed by atoms with Crippen LogP contribution in [0, 0.1) is 0 Å². The molecule has 220 valence electrons. The number of hydrogen-bond donors (Lipinski definition) is 6. The minimum atomic E-state index is -4.71. The molecule has 0 aliphatic carbocycles. The van der Waals surface area contributed by atoms with Crippen LogP contribution in [0.5, 0.6) is 0 Å².